The SMILES string of the molecule is CC(C)(C)c1ccc(N2c3cc(C(C)(C)C)cc4[c]3[Bi]3[c]5c(cc(C(C)(C)C)cc5N(c5ccc(C(C)(C)C)cc5)c5cc(C(C)(C)C)cc2[c]53)O4)cc1. The van der Waals surface area contributed by atoms with Gasteiger partial charge in [-0.25, -0.2) is 0 Å². The summed E-state index contributed by atoms with van der Waals surface area (Å²) in [4.78, 5) is 5.20. The summed E-state index contributed by atoms with van der Waals surface area (Å²) in [5, 5.41) is 0. The molecule has 8 rings (SSSR count). The number of anilines is 6. The number of nitrogens with zero attached hydrogens (tertiary/aromatic N) is 2. The van der Waals surface area contributed by atoms with Gasteiger partial charge in [0.15, 0.2) is 0 Å². The Morgan fingerprint density at radius 2 is 0.630 bits per heavy atom. The summed E-state index contributed by atoms with van der Waals surface area (Å²) >= 11 is -3.03. The van der Waals surface area contributed by atoms with Gasteiger partial charge in [0.2, 0.25) is 0 Å². The zero-order chi connectivity index (χ0) is 39.1. The molecule has 54 heavy (non-hydrogen) atoms. The standard InChI is InChI=1S/C50H59N2O.Bi/c1-46(2,3)33-16-20-38(21-17-33)51-40-24-35(48(7,8)9)25-41(30-40)52(39-22-18-34(19-23-39)47(4,5)6)43-27-37(50(13,14)15)29-45(32-43)53-44-28-36(49(10,11)12)26-42(51)31-44;/h16-29H,1-15H3;. The fourth-order valence-electron chi connectivity index (χ4n) is 8.10. The van der Waals surface area contributed by atoms with Gasteiger partial charge in [-0.05, 0) is 0 Å². The van der Waals surface area contributed by atoms with Crippen molar-refractivity contribution in [1.29, 1.82) is 0 Å². The van der Waals surface area contributed by atoms with Crippen LogP contribution in [0.25, 0.3) is 0 Å². The van der Waals surface area contributed by atoms with Gasteiger partial charge in [0.05, 0.1) is 0 Å². The fraction of sp³-hybridized carbons (Fsp3) is 0.400. The van der Waals surface area contributed by atoms with Gasteiger partial charge < -0.3 is 0 Å². The number of ether oxygens (including phenoxy) is 1. The first-order chi connectivity index (χ1) is 24.9. The Labute approximate surface area is 333 Å². The molecule has 0 fully saturated rings. The van der Waals surface area contributed by atoms with Crippen LogP contribution in [0.2, 0.25) is 0 Å². The summed E-state index contributed by atoms with van der Waals surface area (Å²) in [6.07, 6.45) is 0. The van der Waals surface area contributed by atoms with E-state index < -0.39 is 21.8 Å². The molecule has 0 spiro atoms. The van der Waals surface area contributed by atoms with Crippen LogP contribution in [0.3, 0.4) is 0 Å². The molecule has 3 nitrogen and oxygen atoms in total. The van der Waals surface area contributed by atoms with Crippen LogP contribution in [0.4, 0.5) is 34.1 Å². The third kappa shape index (κ3) is 6.02. The van der Waals surface area contributed by atoms with E-state index in [1.807, 2.05) is 0 Å². The molecule has 3 aliphatic rings. The molecule has 0 amide bonds. The van der Waals surface area contributed by atoms with E-state index in [0.717, 1.165) is 11.5 Å². The second-order valence-electron chi connectivity index (χ2n) is 21.0. The Morgan fingerprint density at radius 3 is 0.926 bits per heavy atom. The maximum absolute atomic E-state index is 7.29. The normalized spacial score (nSPS) is 15.3. The first-order valence-corrected chi connectivity index (χ1v) is 25.0. The Balaban J connectivity index is 1.52. The van der Waals surface area contributed by atoms with E-state index in [1.165, 1.54) is 68.5 Å². The molecule has 5 aromatic carbocycles. The van der Waals surface area contributed by atoms with Crippen molar-refractivity contribution >= 4 is 65.7 Å². The molecule has 0 saturated carbocycles. The van der Waals surface area contributed by atoms with E-state index >= 15 is 0 Å². The monoisotopic (exact) mass is 912 g/mol. The van der Waals surface area contributed by atoms with Gasteiger partial charge in [-0.1, -0.05) is 0 Å². The van der Waals surface area contributed by atoms with Crippen LogP contribution >= 0.6 is 0 Å². The Morgan fingerprint density at radius 1 is 0.352 bits per heavy atom. The Kier molecular flexibility index (Phi) is 8.25. The molecule has 3 aliphatic heterocycles. The fourth-order valence-corrected chi connectivity index (χ4v) is 19.4. The molecule has 4 heteroatoms. The summed E-state index contributed by atoms with van der Waals surface area (Å²) in [5.41, 5.74) is 14.3. The third-order valence-corrected chi connectivity index (χ3v) is 22.1. The van der Waals surface area contributed by atoms with Crippen molar-refractivity contribution in [1.82, 2.24) is 0 Å². The predicted molar refractivity (Wildman–Crippen MR) is 234 cm³/mol. The van der Waals surface area contributed by atoms with Crippen LogP contribution in [0, 0.1) is 0 Å². The van der Waals surface area contributed by atoms with Crippen molar-refractivity contribution in [2.75, 3.05) is 9.80 Å². The summed E-state index contributed by atoms with van der Waals surface area (Å²) in [7, 11) is 0. The van der Waals surface area contributed by atoms with Crippen molar-refractivity contribution in [3.63, 3.8) is 0 Å². The van der Waals surface area contributed by atoms with Gasteiger partial charge in [0, 0.05) is 0 Å². The van der Waals surface area contributed by atoms with Gasteiger partial charge in [0.1, 0.15) is 0 Å². The molecule has 0 aromatic heterocycles. The van der Waals surface area contributed by atoms with Crippen molar-refractivity contribution in [3.05, 3.63) is 113 Å². The van der Waals surface area contributed by atoms with Crippen LogP contribution in [0.1, 0.15) is 132 Å². The molecule has 5 aromatic rings. The van der Waals surface area contributed by atoms with Crippen molar-refractivity contribution in [2.24, 2.45) is 0 Å². The van der Waals surface area contributed by atoms with Gasteiger partial charge in [0.25, 0.3) is 0 Å². The summed E-state index contributed by atoms with van der Waals surface area (Å²) < 4.78 is 11.8. The molecule has 0 saturated heterocycles. The van der Waals surface area contributed by atoms with Crippen molar-refractivity contribution in [3.8, 4) is 11.5 Å². The quantitative estimate of drug-likeness (QED) is 0.161. The molecular formula is C50H59BiN2O. The maximum atomic E-state index is 7.29. The summed E-state index contributed by atoms with van der Waals surface area (Å²) in [6, 6.07) is 33.6. The van der Waals surface area contributed by atoms with Crippen LogP contribution in [0.15, 0.2) is 84.9 Å². The summed E-state index contributed by atoms with van der Waals surface area (Å²) in [5.74, 6) is 2.13. The summed E-state index contributed by atoms with van der Waals surface area (Å²) in [6.45, 7) is 34.9. The van der Waals surface area contributed by atoms with E-state index in [1.54, 1.807) is 3.27 Å². The second kappa shape index (κ2) is 11.9. The zero-order valence-electron chi connectivity index (χ0n) is 35.3. The van der Waals surface area contributed by atoms with E-state index in [9.17, 15) is 0 Å². The zero-order valence-corrected chi connectivity index (χ0v) is 38.8. The molecule has 0 aliphatic carbocycles. The van der Waals surface area contributed by atoms with Gasteiger partial charge >= 0.3 is 335 Å². The Bertz CT molecular complexity index is 2160. The number of rotatable bonds is 2. The minimum atomic E-state index is -3.03. The van der Waals surface area contributed by atoms with Gasteiger partial charge in [-0.3, -0.25) is 0 Å². The van der Waals surface area contributed by atoms with Crippen molar-refractivity contribution in [2.45, 2.75) is 131 Å². The van der Waals surface area contributed by atoms with E-state index in [0.29, 0.717) is 0 Å². The predicted octanol–water partition coefficient (Wildman–Crippen LogP) is 12.4. The van der Waals surface area contributed by atoms with E-state index in [2.05, 4.69) is 199 Å². The third-order valence-electron chi connectivity index (χ3n) is 11.6. The van der Waals surface area contributed by atoms with Crippen LogP contribution < -0.4 is 24.4 Å². The average molecular weight is 913 g/mol. The minimum absolute atomic E-state index is 0.0502. The molecule has 0 atom stereocenters. The first-order valence-electron chi connectivity index (χ1n) is 19.8. The van der Waals surface area contributed by atoms with E-state index in [4.69, 9.17) is 4.74 Å². The molecule has 0 N–H and O–H groups in total. The molecule has 0 unspecified atom stereocenters. The van der Waals surface area contributed by atoms with E-state index in [-0.39, 0.29) is 27.1 Å². The van der Waals surface area contributed by atoms with Crippen LogP contribution in [-0.2, 0) is 27.1 Å². The van der Waals surface area contributed by atoms with Crippen molar-refractivity contribution < 1.29 is 4.74 Å². The Hall–Kier alpha value is -3.62. The second-order valence-corrected chi connectivity index (χ2v) is 28.8. The molecule has 0 bridgehead atoms. The number of hydrogen-bond donors (Lipinski definition) is 0. The van der Waals surface area contributed by atoms with Gasteiger partial charge in [-0.2, -0.15) is 0 Å². The topological polar surface area (TPSA) is 15.7 Å². The molecule has 3 heterocycles. The number of hydrogen-bond acceptors (Lipinski definition) is 3. The molecule has 0 radical (unpaired) electrons. The first kappa shape index (κ1) is 37.3. The molecular weight excluding hydrogens is 854 g/mol. The van der Waals surface area contributed by atoms with Crippen LogP contribution in [-0.4, -0.2) is 21.8 Å². The number of benzene rings is 5. The molecule has 280 valence electrons. The average Bonchev–Trinajstić information content (AvgIpc) is 3.06. The van der Waals surface area contributed by atoms with Crippen LogP contribution in [0.5, 0.6) is 11.5 Å². The van der Waals surface area contributed by atoms with Gasteiger partial charge in [-0.15, -0.1) is 0 Å².